The Morgan fingerprint density at radius 1 is 1.24 bits per heavy atom. The van der Waals surface area contributed by atoms with Crippen molar-refractivity contribution in [2.45, 2.75) is 19.4 Å². The number of primary amides is 1. The minimum Gasteiger partial charge on any atom is -0.478 e. The maximum Gasteiger partial charge on any atom is 0.328 e. The number of aliphatic carboxylic acids is 1. The highest BCUT2D eigenvalue weighted by molar-refractivity contribution is 5.85. The first-order valence-corrected chi connectivity index (χ1v) is 7.06. The largest absolute Gasteiger partial charge is 0.478 e. The average Bonchev–Trinajstić information content (AvgIpc) is 2.47. The molecule has 0 spiro atoms. The van der Waals surface area contributed by atoms with Crippen molar-refractivity contribution in [2.24, 2.45) is 11.7 Å². The lowest BCUT2D eigenvalue weighted by Crippen LogP contribution is -2.38. The summed E-state index contributed by atoms with van der Waals surface area (Å²) in [6, 6.07) is 7.82. The van der Waals surface area contributed by atoms with Crippen molar-refractivity contribution < 1.29 is 14.7 Å². The summed E-state index contributed by atoms with van der Waals surface area (Å²) in [4.78, 5) is 23.9. The van der Waals surface area contributed by atoms with Crippen LogP contribution in [0, 0.1) is 5.92 Å². The lowest BCUT2D eigenvalue weighted by atomic mass is 9.96. The highest BCUT2D eigenvalue weighted by atomic mass is 16.4. The van der Waals surface area contributed by atoms with Gasteiger partial charge in [0.05, 0.1) is 0 Å². The van der Waals surface area contributed by atoms with Gasteiger partial charge in [-0.25, -0.2) is 4.79 Å². The molecule has 112 valence electrons. The number of likely N-dealkylation sites (tertiary alicyclic amines) is 1. The molecule has 1 fully saturated rings. The topological polar surface area (TPSA) is 83.6 Å². The van der Waals surface area contributed by atoms with E-state index in [-0.39, 0.29) is 11.8 Å². The molecule has 0 atom stereocenters. The van der Waals surface area contributed by atoms with E-state index in [1.165, 1.54) is 5.56 Å². The van der Waals surface area contributed by atoms with E-state index in [1.54, 1.807) is 6.08 Å². The van der Waals surface area contributed by atoms with Gasteiger partial charge in [-0.05, 0) is 43.1 Å². The predicted octanol–water partition coefficient (Wildman–Crippen LogP) is 1.48. The summed E-state index contributed by atoms with van der Waals surface area (Å²) in [6.45, 7) is 2.61. The van der Waals surface area contributed by atoms with Gasteiger partial charge in [0, 0.05) is 18.5 Å². The number of carboxylic acid groups (broad SMARTS) is 1. The van der Waals surface area contributed by atoms with E-state index in [0.29, 0.717) is 0 Å². The van der Waals surface area contributed by atoms with Crippen molar-refractivity contribution in [3.63, 3.8) is 0 Å². The molecule has 0 saturated carbocycles. The molecule has 1 aliphatic heterocycles. The zero-order valence-electron chi connectivity index (χ0n) is 11.9. The lowest BCUT2D eigenvalue weighted by molar-refractivity contribution is -0.131. The fourth-order valence-electron chi connectivity index (χ4n) is 2.54. The number of carbonyl (C=O) groups is 2. The van der Waals surface area contributed by atoms with E-state index in [0.717, 1.165) is 44.1 Å². The van der Waals surface area contributed by atoms with Crippen molar-refractivity contribution in [1.29, 1.82) is 0 Å². The van der Waals surface area contributed by atoms with Crippen molar-refractivity contribution >= 4 is 18.0 Å². The molecule has 21 heavy (non-hydrogen) atoms. The Bertz CT molecular complexity index is 529. The van der Waals surface area contributed by atoms with Crippen molar-refractivity contribution in [3.05, 3.63) is 41.5 Å². The molecule has 5 nitrogen and oxygen atoms in total. The molecular formula is C16H20N2O3. The first-order valence-electron chi connectivity index (χ1n) is 7.06. The SMILES string of the molecule is NC(=O)C1CCN(Cc2ccc(C=CC(=O)O)cc2)CC1. The van der Waals surface area contributed by atoms with Crippen molar-refractivity contribution in [2.75, 3.05) is 13.1 Å². The van der Waals surface area contributed by atoms with E-state index < -0.39 is 5.97 Å². The van der Waals surface area contributed by atoms with E-state index in [2.05, 4.69) is 4.90 Å². The first kappa shape index (κ1) is 15.3. The molecule has 0 radical (unpaired) electrons. The van der Waals surface area contributed by atoms with E-state index in [9.17, 15) is 9.59 Å². The Kier molecular flexibility index (Phi) is 5.11. The van der Waals surface area contributed by atoms with Crippen LogP contribution < -0.4 is 5.73 Å². The summed E-state index contributed by atoms with van der Waals surface area (Å²) in [5.74, 6) is -1.12. The third-order valence-electron chi connectivity index (χ3n) is 3.79. The number of carboxylic acids is 1. The number of nitrogens with two attached hydrogens (primary N) is 1. The summed E-state index contributed by atoms with van der Waals surface area (Å²) >= 11 is 0. The molecule has 0 aliphatic carbocycles. The minimum atomic E-state index is -0.948. The summed E-state index contributed by atoms with van der Waals surface area (Å²) < 4.78 is 0. The maximum absolute atomic E-state index is 11.1. The number of amides is 1. The van der Waals surface area contributed by atoms with Crippen molar-refractivity contribution in [1.82, 2.24) is 4.90 Å². The van der Waals surface area contributed by atoms with Crippen LogP contribution >= 0.6 is 0 Å². The lowest BCUT2D eigenvalue weighted by Gasteiger charge is -2.30. The van der Waals surface area contributed by atoms with Gasteiger partial charge in [-0.1, -0.05) is 24.3 Å². The smallest absolute Gasteiger partial charge is 0.328 e. The molecule has 0 aromatic heterocycles. The number of piperidine rings is 1. The van der Waals surface area contributed by atoms with Crippen LogP contribution in [0.1, 0.15) is 24.0 Å². The van der Waals surface area contributed by atoms with Gasteiger partial charge in [-0.3, -0.25) is 9.69 Å². The molecule has 1 saturated heterocycles. The van der Waals surface area contributed by atoms with Gasteiger partial charge in [-0.15, -0.1) is 0 Å². The second-order valence-corrected chi connectivity index (χ2v) is 5.37. The number of hydrogen-bond acceptors (Lipinski definition) is 3. The Morgan fingerprint density at radius 2 is 1.86 bits per heavy atom. The van der Waals surface area contributed by atoms with Gasteiger partial charge in [-0.2, -0.15) is 0 Å². The van der Waals surface area contributed by atoms with Gasteiger partial charge in [0.15, 0.2) is 0 Å². The quantitative estimate of drug-likeness (QED) is 0.804. The molecule has 1 aromatic carbocycles. The molecule has 0 bridgehead atoms. The van der Waals surface area contributed by atoms with Crippen LogP contribution in [0.25, 0.3) is 6.08 Å². The molecule has 3 N–H and O–H groups in total. The Balaban J connectivity index is 1.87. The van der Waals surface area contributed by atoms with Gasteiger partial charge in [0.25, 0.3) is 0 Å². The molecule has 1 aromatic rings. The van der Waals surface area contributed by atoms with E-state index in [4.69, 9.17) is 10.8 Å². The van der Waals surface area contributed by atoms with Crippen LogP contribution in [0.4, 0.5) is 0 Å². The zero-order chi connectivity index (χ0) is 15.2. The van der Waals surface area contributed by atoms with Crippen LogP contribution in [-0.2, 0) is 16.1 Å². The predicted molar refractivity (Wildman–Crippen MR) is 80.3 cm³/mol. The second-order valence-electron chi connectivity index (χ2n) is 5.37. The van der Waals surface area contributed by atoms with Crippen molar-refractivity contribution in [3.8, 4) is 0 Å². The number of carbonyl (C=O) groups excluding carboxylic acids is 1. The number of benzene rings is 1. The fraction of sp³-hybridized carbons (Fsp3) is 0.375. The average molecular weight is 288 g/mol. The van der Waals surface area contributed by atoms with E-state index in [1.807, 2.05) is 24.3 Å². The first-order chi connectivity index (χ1) is 10.0. The zero-order valence-corrected chi connectivity index (χ0v) is 11.9. The molecule has 5 heteroatoms. The highest BCUT2D eigenvalue weighted by Gasteiger charge is 2.22. The summed E-state index contributed by atoms with van der Waals surface area (Å²) in [5.41, 5.74) is 7.38. The molecular weight excluding hydrogens is 268 g/mol. The molecule has 1 amide bonds. The van der Waals surface area contributed by atoms with Gasteiger partial charge in [0.1, 0.15) is 0 Å². The fourth-order valence-corrected chi connectivity index (χ4v) is 2.54. The third-order valence-corrected chi connectivity index (χ3v) is 3.79. The summed E-state index contributed by atoms with van der Waals surface area (Å²) in [7, 11) is 0. The van der Waals surface area contributed by atoms with Crippen LogP contribution in [0.3, 0.4) is 0 Å². The van der Waals surface area contributed by atoms with Crippen LogP contribution in [0.2, 0.25) is 0 Å². The Hall–Kier alpha value is -2.14. The Morgan fingerprint density at radius 3 is 2.38 bits per heavy atom. The normalized spacial score (nSPS) is 17.1. The maximum atomic E-state index is 11.1. The summed E-state index contributed by atoms with van der Waals surface area (Å²) in [5, 5.41) is 8.58. The molecule has 1 heterocycles. The second kappa shape index (κ2) is 7.04. The standard InChI is InChI=1S/C16H20N2O3/c17-16(21)14-7-9-18(10-8-14)11-13-3-1-12(2-4-13)5-6-15(19)20/h1-6,14H,7-11H2,(H2,17,21)(H,19,20). The third kappa shape index (κ3) is 4.72. The van der Waals surface area contributed by atoms with Gasteiger partial charge in [0.2, 0.25) is 5.91 Å². The van der Waals surface area contributed by atoms with Crippen LogP contribution in [0.15, 0.2) is 30.3 Å². The number of hydrogen-bond donors (Lipinski definition) is 2. The van der Waals surface area contributed by atoms with Crippen LogP contribution in [-0.4, -0.2) is 35.0 Å². The molecule has 1 aliphatic rings. The number of rotatable bonds is 5. The minimum absolute atomic E-state index is 0.0183. The van der Waals surface area contributed by atoms with E-state index >= 15 is 0 Å². The van der Waals surface area contributed by atoms with Gasteiger partial charge < -0.3 is 10.8 Å². The summed E-state index contributed by atoms with van der Waals surface area (Å²) in [6.07, 6.45) is 4.36. The molecule has 2 rings (SSSR count). The molecule has 0 unspecified atom stereocenters. The monoisotopic (exact) mass is 288 g/mol. The van der Waals surface area contributed by atoms with Crippen LogP contribution in [0.5, 0.6) is 0 Å². The highest BCUT2D eigenvalue weighted by Crippen LogP contribution is 2.19. The Labute approximate surface area is 124 Å². The van der Waals surface area contributed by atoms with Gasteiger partial charge >= 0.3 is 5.97 Å². The number of nitrogens with zero attached hydrogens (tertiary/aromatic N) is 1.